The molecule has 0 atom stereocenters. The molecular formula is C17H21N3O. The van der Waals surface area contributed by atoms with Crippen molar-refractivity contribution in [2.45, 2.75) is 20.8 Å². The van der Waals surface area contributed by atoms with Crippen LogP contribution in [-0.2, 0) is 0 Å². The van der Waals surface area contributed by atoms with Crippen LogP contribution in [0.2, 0.25) is 0 Å². The Kier molecular flexibility index (Phi) is 5.67. The summed E-state index contributed by atoms with van der Waals surface area (Å²) in [5.74, 6) is 0.436. The van der Waals surface area contributed by atoms with Crippen molar-refractivity contribution in [3.63, 3.8) is 0 Å². The van der Waals surface area contributed by atoms with Crippen molar-refractivity contribution >= 4 is 22.7 Å². The Bertz CT molecular complexity index is 708. The van der Waals surface area contributed by atoms with Crippen molar-refractivity contribution < 1.29 is 4.79 Å². The van der Waals surface area contributed by atoms with Gasteiger partial charge in [-0.05, 0) is 24.6 Å². The van der Waals surface area contributed by atoms with Crippen LogP contribution in [0.1, 0.15) is 36.7 Å². The van der Waals surface area contributed by atoms with Crippen LogP contribution in [0.5, 0.6) is 0 Å². The molecule has 2 aromatic heterocycles. The van der Waals surface area contributed by atoms with E-state index in [1.165, 1.54) is 13.1 Å². The van der Waals surface area contributed by atoms with Gasteiger partial charge in [0.1, 0.15) is 5.82 Å². The molecule has 0 saturated carbocycles. The molecule has 0 aliphatic heterocycles. The van der Waals surface area contributed by atoms with E-state index in [1.807, 2.05) is 32.1 Å². The fourth-order valence-corrected chi connectivity index (χ4v) is 1.98. The molecule has 0 aliphatic carbocycles. The highest BCUT2D eigenvalue weighted by Crippen LogP contribution is 2.25. The third-order valence-corrected chi connectivity index (χ3v) is 2.93. The zero-order valence-electron chi connectivity index (χ0n) is 12.8. The van der Waals surface area contributed by atoms with Gasteiger partial charge in [0, 0.05) is 5.56 Å². The normalized spacial score (nSPS) is 10.7. The predicted molar refractivity (Wildman–Crippen MR) is 89.3 cm³/mol. The van der Waals surface area contributed by atoms with Crippen molar-refractivity contribution in [2.75, 3.05) is 5.73 Å². The standard InChI is InChI=1S/C15H15N3O.C2H6/c1-4-6-11(5-2)12-7-8-14-13(10(3)19)9-17-18(14)15(12)16;1-2/h4-9H,1-2,16H2,3H3;1-2H3/b11-6+;. The summed E-state index contributed by atoms with van der Waals surface area (Å²) >= 11 is 0. The van der Waals surface area contributed by atoms with Gasteiger partial charge in [0.25, 0.3) is 0 Å². The third kappa shape index (κ3) is 3.11. The second-order valence-electron chi connectivity index (χ2n) is 4.11. The topological polar surface area (TPSA) is 60.4 Å². The van der Waals surface area contributed by atoms with Crippen molar-refractivity contribution in [3.05, 3.63) is 60.8 Å². The van der Waals surface area contributed by atoms with Gasteiger partial charge < -0.3 is 5.73 Å². The van der Waals surface area contributed by atoms with E-state index >= 15 is 0 Å². The zero-order valence-corrected chi connectivity index (χ0v) is 12.8. The van der Waals surface area contributed by atoms with Gasteiger partial charge in [-0.15, -0.1) is 0 Å². The number of allylic oxidation sites excluding steroid dienone is 4. The van der Waals surface area contributed by atoms with Crippen LogP contribution in [0.25, 0.3) is 11.1 Å². The van der Waals surface area contributed by atoms with E-state index in [9.17, 15) is 4.79 Å². The number of nitrogens with two attached hydrogens (primary N) is 1. The van der Waals surface area contributed by atoms with Gasteiger partial charge in [0.05, 0.1) is 17.3 Å². The largest absolute Gasteiger partial charge is 0.383 e. The van der Waals surface area contributed by atoms with E-state index in [0.717, 1.165) is 11.1 Å². The number of hydrogen-bond acceptors (Lipinski definition) is 3. The summed E-state index contributed by atoms with van der Waals surface area (Å²) in [5.41, 5.74) is 9.03. The monoisotopic (exact) mass is 283 g/mol. The van der Waals surface area contributed by atoms with E-state index in [0.29, 0.717) is 16.9 Å². The van der Waals surface area contributed by atoms with Gasteiger partial charge in [0.15, 0.2) is 5.78 Å². The van der Waals surface area contributed by atoms with Crippen molar-refractivity contribution in [3.8, 4) is 0 Å². The van der Waals surface area contributed by atoms with Gasteiger partial charge in [-0.25, -0.2) is 4.52 Å². The van der Waals surface area contributed by atoms with Crippen LogP contribution in [0.4, 0.5) is 5.82 Å². The van der Waals surface area contributed by atoms with Gasteiger partial charge in [-0.2, -0.15) is 5.10 Å². The van der Waals surface area contributed by atoms with Crippen molar-refractivity contribution in [1.29, 1.82) is 0 Å². The van der Waals surface area contributed by atoms with Gasteiger partial charge >= 0.3 is 0 Å². The molecule has 0 amide bonds. The Morgan fingerprint density at radius 2 is 1.95 bits per heavy atom. The number of ketones is 1. The van der Waals surface area contributed by atoms with E-state index in [-0.39, 0.29) is 5.78 Å². The molecule has 0 spiro atoms. The van der Waals surface area contributed by atoms with Crippen LogP contribution in [0.15, 0.2) is 49.7 Å². The molecule has 4 heteroatoms. The highest BCUT2D eigenvalue weighted by Gasteiger charge is 2.13. The maximum Gasteiger partial charge on any atom is 0.163 e. The smallest absolute Gasteiger partial charge is 0.163 e. The van der Waals surface area contributed by atoms with E-state index in [1.54, 1.807) is 16.7 Å². The molecule has 2 rings (SSSR count). The maximum absolute atomic E-state index is 11.5. The number of nitrogen functional groups attached to an aromatic ring is 1. The number of Topliss-reactive ketones (excluding diaryl/α,β-unsaturated/α-hetero) is 1. The lowest BCUT2D eigenvalue weighted by atomic mass is 10.1. The first-order valence-corrected chi connectivity index (χ1v) is 6.82. The van der Waals surface area contributed by atoms with Crippen molar-refractivity contribution in [2.24, 2.45) is 0 Å². The molecular weight excluding hydrogens is 262 g/mol. The minimum Gasteiger partial charge on any atom is -0.383 e. The number of nitrogens with zero attached hydrogens (tertiary/aromatic N) is 2. The van der Waals surface area contributed by atoms with Crippen LogP contribution in [0, 0.1) is 0 Å². The Hall–Kier alpha value is -2.62. The lowest BCUT2D eigenvalue weighted by Crippen LogP contribution is -2.03. The lowest BCUT2D eigenvalue weighted by molar-refractivity contribution is 0.101. The van der Waals surface area contributed by atoms with Gasteiger partial charge in [-0.3, -0.25) is 4.79 Å². The number of aromatic nitrogens is 2. The van der Waals surface area contributed by atoms with Crippen LogP contribution in [-0.4, -0.2) is 15.4 Å². The van der Waals surface area contributed by atoms with E-state index in [4.69, 9.17) is 5.73 Å². The Morgan fingerprint density at radius 1 is 1.29 bits per heavy atom. The summed E-state index contributed by atoms with van der Waals surface area (Å²) in [6, 6.07) is 3.69. The number of fused-ring (bicyclic) bond motifs is 1. The minimum atomic E-state index is -0.0345. The predicted octanol–water partition coefficient (Wildman–Crippen LogP) is 3.90. The summed E-state index contributed by atoms with van der Waals surface area (Å²) < 4.78 is 1.56. The summed E-state index contributed by atoms with van der Waals surface area (Å²) in [6.45, 7) is 12.9. The minimum absolute atomic E-state index is 0.0345. The van der Waals surface area contributed by atoms with Gasteiger partial charge in [-0.1, -0.05) is 45.2 Å². The zero-order chi connectivity index (χ0) is 16.0. The second-order valence-corrected chi connectivity index (χ2v) is 4.11. The SMILES string of the molecule is C=C/C=C(\C=C)c1ccc2c(C(C)=O)cnn2c1N.CC. The Labute approximate surface area is 125 Å². The molecule has 2 N–H and O–H groups in total. The third-order valence-electron chi connectivity index (χ3n) is 2.93. The van der Waals surface area contributed by atoms with Crippen LogP contribution < -0.4 is 5.73 Å². The molecule has 0 bridgehead atoms. The fourth-order valence-electron chi connectivity index (χ4n) is 1.98. The number of anilines is 1. The molecule has 110 valence electrons. The molecule has 2 heterocycles. The second kappa shape index (κ2) is 7.24. The number of hydrogen-bond donors (Lipinski definition) is 1. The van der Waals surface area contributed by atoms with Crippen LogP contribution in [0.3, 0.4) is 0 Å². The van der Waals surface area contributed by atoms with Gasteiger partial charge in [0.2, 0.25) is 0 Å². The fraction of sp³-hybridized carbons (Fsp3) is 0.176. The maximum atomic E-state index is 11.5. The Balaban J connectivity index is 0.00000106. The first-order valence-electron chi connectivity index (χ1n) is 6.82. The average Bonchev–Trinajstić information content (AvgIpc) is 2.93. The van der Waals surface area contributed by atoms with E-state index < -0.39 is 0 Å². The highest BCUT2D eigenvalue weighted by atomic mass is 16.1. The molecule has 0 aromatic carbocycles. The molecule has 4 nitrogen and oxygen atoms in total. The highest BCUT2D eigenvalue weighted by molar-refractivity contribution is 6.01. The summed E-state index contributed by atoms with van der Waals surface area (Å²) in [6.07, 6.45) is 6.72. The molecule has 2 aromatic rings. The summed E-state index contributed by atoms with van der Waals surface area (Å²) in [5, 5.41) is 4.16. The molecule has 0 aliphatic rings. The molecule has 0 saturated heterocycles. The average molecular weight is 283 g/mol. The molecule has 21 heavy (non-hydrogen) atoms. The first kappa shape index (κ1) is 16.4. The molecule has 0 unspecified atom stereocenters. The van der Waals surface area contributed by atoms with Crippen molar-refractivity contribution in [1.82, 2.24) is 9.61 Å². The van der Waals surface area contributed by atoms with Crippen LogP contribution >= 0.6 is 0 Å². The number of pyridine rings is 1. The lowest BCUT2D eigenvalue weighted by Gasteiger charge is -2.08. The number of carbonyl (C=O) groups is 1. The molecule has 0 radical (unpaired) electrons. The summed E-state index contributed by atoms with van der Waals surface area (Å²) in [4.78, 5) is 11.5. The first-order chi connectivity index (χ1) is 10.1. The summed E-state index contributed by atoms with van der Waals surface area (Å²) in [7, 11) is 0. The quantitative estimate of drug-likeness (QED) is 0.683. The number of rotatable bonds is 4. The van der Waals surface area contributed by atoms with E-state index in [2.05, 4.69) is 18.3 Å². The Morgan fingerprint density at radius 3 is 2.48 bits per heavy atom. The molecule has 0 fully saturated rings. The number of carbonyl (C=O) groups excluding carboxylic acids is 1.